The van der Waals surface area contributed by atoms with Crippen LogP contribution in [0.1, 0.15) is 54.0 Å². The van der Waals surface area contributed by atoms with E-state index in [1.165, 1.54) is 0 Å². The van der Waals surface area contributed by atoms with E-state index in [4.69, 9.17) is 11.6 Å². The van der Waals surface area contributed by atoms with E-state index >= 15 is 0 Å². The first-order chi connectivity index (χ1) is 15.3. The summed E-state index contributed by atoms with van der Waals surface area (Å²) < 4.78 is 38.2. The average molecular weight is 479 g/mol. The van der Waals surface area contributed by atoms with Gasteiger partial charge < -0.3 is 15.6 Å². The molecule has 0 fully saturated rings. The standard InChI is InChI=1S/C24H22ClF3N2O3/c1-14(16-6-9-21(24(26,27)28)30(33)13-16)29-22(31)18-10-17(11-19(12-18)23(2,3)32)15-4-7-20(25)8-5-15/h4-14,32H,1-3H3,(H,29,31)/t14-/m1/s1. The molecule has 9 heteroatoms. The number of benzene rings is 2. The topological polar surface area (TPSA) is 76.3 Å². The van der Waals surface area contributed by atoms with Gasteiger partial charge in [-0.1, -0.05) is 23.7 Å². The minimum Gasteiger partial charge on any atom is -0.618 e. The quantitative estimate of drug-likeness (QED) is 0.382. The first kappa shape index (κ1) is 24.5. The number of halogens is 4. The van der Waals surface area contributed by atoms with Gasteiger partial charge in [0, 0.05) is 22.2 Å². The fraction of sp³-hybridized carbons (Fsp3) is 0.250. The van der Waals surface area contributed by atoms with Gasteiger partial charge in [0.2, 0.25) is 0 Å². The van der Waals surface area contributed by atoms with Crippen molar-refractivity contribution >= 4 is 17.5 Å². The molecule has 0 aliphatic rings. The van der Waals surface area contributed by atoms with Crippen LogP contribution < -0.4 is 10.0 Å². The molecule has 2 aromatic carbocycles. The van der Waals surface area contributed by atoms with E-state index < -0.39 is 29.4 Å². The first-order valence-electron chi connectivity index (χ1n) is 10.0. The van der Waals surface area contributed by atoms with E-state index in [0.29, 0.717) is 22.2 Å². The van der Waals surface area contributed by atoms with Crippen molar-refractivity contribution in [3.05, 3.63) is 93.4 Å². The monoisotopic (exact) mass is 478 g/mol. The predicted molar refractivity (Wildman–Crippen MR) is 118 cm³/mol. The van der Waals surface area contributed by atoms with E-state index in [0.717, 1.165) is 17.8 Å². The molecule has 1 atom stereocenters. The summed E-state index contributed by atoms with van der Waals surface area (Å²) >= 11 is 5.96. The average Bonchev–Trinajstić information content (AvgIpc) is 2.72. The van der Waals surface area contributed by atoms with Crippen LogP contribution in [0.4, 0.5) is 13.2 Å². The number of alkyl halides is 3. The predicted octanol–water partition coefficient (Wildman–Crippen LogP) is 5.38. The molecule has 0 bridgehead atoms. The van der Waals surface area contributed by atoms with Gasteiger partial charge >= 0.3 is 6.18 Å². The Morgan fingerprint density at radius 3 is 2.24 bits per heavy atom. The highest BCUT2D eigenvalue weighted by Gasteiger charge is 2.39. The van der Waals surface area contributed by atoms with E-state index in [2.05, 4.69) is 5.32 Å². The maximum atomic E-state index is 13.0. The molecule has 3 rings (SSSR count). The fourth-order valence-electron chi connectivity index (χ4n) is 3.26. The summed E-state index contributed by atoms with van der Waals surface area (Å²) in [4.78, 5) is 13.0. The van der Waals surface area contributed by atoms with Gasteiger partial charge in [0.25, 0.3) is 11.6 Å². The van der Waals surface area contributed by atoms with Gasteiger partial charge in [0.05, 0.1) is 11.6 Å². The van der Waals surface area contributed by atoms with Crippen molar-refractivity contribution in [2.45, 2.75) is 38.6 Å². The molecule has 1 amide bonds. The molecule has 174 valence electrons. The van der Waals surface area contributed by atoms with Gasteiger partial charge in [-0.15, -0.1) is 0 Å². The van der Waals surface area contributed by atoms with Crippen LogP contribution in [0.3, 0.4) is 0 Å². The van der Waals surface area contributed by atoms with Crippen LogP contribution in [0.25, 0.3) is 11.1 Å². The molecule has 0 radical (unpaired) electrons. The number of carbonyl (C=O) groups excluding carboxylic acids is 1. The molecular weight excluding hydrogens is 457 g/mol. The minimum absolute atomic E-state index is 0.211. The number of carbonyl (C=O) groups is 1. The fourth-order valence-corrected chi connectivity index (χ4v) is 3.38. The van der Waals surface area contributed by atoms with Crippen molar-refractivity contribution in [2.75, 3.05) is 0 Å². The number of rotatable bonds is 5. The Bertz CT molecular complexity index is 1170. The second-order valence-corrected chi connectivity index (χ2v) is 8.67. The highest BCUT2D eigenvalue weighted by molar-refractivity contribution is 6.30. The molecule has 0 saturated carbocycles. The highest BCUT2D eigenvalue weighted by atomic mass is 35.5. The second kappa shape index (κ2) is 9.03. The van der Waals surface area contributed by atoms with Crippen LogP contribution >= 0.6 is 11.6 Å². The normalized spacial score (nSPS) is 13.0. The van der Waals surface area contributed by atoms with E-state index in [1.807, 2.05) is 0 Å². The van der Waals surface area contributed by atoms with Gasteiger partial charge in [0.1, 0.15) is 0 Å². The summed E-state index contributed by atoms with van der Waals surface area (Å²) in [5, 5.41) is 25.5. The van der Waals surface area contributed by atoms with Crippen molar-refractivity contribution in [3.8, 4) is 11.1 Å². The Labute approximate surface area is 194 Å². The lowest BCUT2D eigenvalue weighted by molar-refractivity contribution is -0.629. The number of nitrogens with one attached hydrogen (secondary N) is 1. The Morgan fingerprint density at radius 1 is 1.06 bits per heavy atom. The van der Waals surface area contributed by atoms with E-state index in [-0.39, 0.29) is 15.9 Å². The third kappa shape index (κ3) is 5.83. The van der Waals surface area contributed by atoms with Crippen molar-refractivity contribution in [3.63, 3.8) is 0 Å². The lowest BCUT2D eigenvalue weighted by Gasteiger charge is -2.21. The summed E-state index contributed by atoms with van der Waals surface area (Å²) in [5.74, 6) is -0.513. The molecule has 33 heavy (non-hydrogen) atoms. The van der Waals surface area contributed by atoms with E-state index in [9.17, 15) is 28.3 Å². The number of nitrogens with zero attached hydrogens (tertiary/aromatic N) is 1. The van der Waals surface area contributed by atoms with Crippen molar-refractivity contribution in [2.24, 2.45) is 0 Å². The van der Waals surface area contributed by atoms with Crippen LogP contribution in [0, 0.1) is 5.21 Å². The molecule has 1 aromatic heterocycles. The SMILES string of the molecule is C[C@@H](NC(=O)c1cc(-c2ccc(Cl)cc2)cc(C(C)(C)O)c1)c1ccc(C(F)(F)F)[n+]([O-])c1. The molecule has 0 saturated heterocycles. The largest absolute Gasteiger partial charge is 0.618 e. The van der Waals surface area contributed by atoms with Crippen LogP contribution in [-0.4, -0.2) is 11.0 Å². The van der Waals surface area contributed by atoms with Crippen molar-refractivity contribution < 1.29 is 27.8 Å². The molecule has 3 aromatic rings. The van der Waals surface area contributed by atoms with Crippen molar-refractivity contribution in [1.82, 2.24) is 5.32 Å². The summed E-state index contributed by atoms with van der Waals surface area (Å²) in [6.45, 7) is 4.74. The zero-order chi connectivity index (χ0) is 24.6. The van der Waals surface area contributed by atoms with Gasteiger partial charge in [-0.2, -0.15) is 17.9 Å². The molecule has 5 nitrogen and oxygen atoms in total. The number of pyridine rings is 1. The van der Waals surface area contributed by atoms with Crippen LogP contribution in [-0.2, 0) is 11.8 Å². The Hall–Kier alpha value is -3.10. The van der Waals surface area contributed by atoms with Crippen LogP contribution in [0.15, 0.2) is 60.8 Å². The maximum absolute atomic E-state index is 13.0. The van der Waals surface area contributed by atoms with Gasteiger partial charge in [0.15, 0.2) is 6.20 Å². The zero-order valence-corrected chi connectivity index (χ0v) is 18.8. The maximum Gasteiger partial charge on any atom is 0.478 e. The lowest BCUT2D eigenvalue weighted by Crippen LogP contribution is -2.38. The Balaban J connectivity index is 1.92. The number of amides is 1. The summed E-state index contributed by atoms with van der Waals surface area (Å²) in [5.41, 5.74) is -0.158. The van der Waals surface area contributed by atoms with Crippen LogP contribution in [0.5, 0.6) is 0 Å². The zero-order valence-electron chi connectivity index (χ0n) is 18.1. The molecule has 2 N–H and O–H groups in total. The van der Waals surface area contributed by atoms with Crippen molar-refractivity contribution in [1.29, 1.82) is 0 Å². The molecular formula is C24H22ClF3N2O3. The summed E-state index contributed by atoms with van der Waals surface area (Å²) in [6.07, 6.45) is -3.98. The summed E-state index contributed by atoms with van der Waals surface area (Å²) in [6, 6.07) is 13.0. The molecule has 1 heterocycles. The van der Waals surface area contributed by atoms with Crippen LogP contribution in [0.2, 0.25) is 5.02 Å². The Morgan fingerprint density at radius 2 is 1.70 bits per heavy atom. The second-order valence-electron chi connectivity index (χ2n) is 8.23. The first-order valence-corrected chi connectivity index (χ1v) is 10.4. The van der Waals surface area contributed by atoms with E-state index in [1.54, 1.807) is 63.2 Å². The molecule has 0 aliphatic heterocycles. The van der Waals surface area contributed by atoms with Gasteiger partial charge in [-0.05, 0) is 73.9 Å². The molecule has 0 spiro atoms. The third-order valence-corrected chi connectivity index (χ3v) is 5.41. The van der Waals surface area contributed by atoms with Gasteiger partial charge in [-0.25, -0.2) is 0 Å². The number of hydrogen-bond acceptors (Lipinski definition) is 3. The summed E-state index contributed by atoms with van der Waals surface area (Å²) in [7, 11) is 0. The lowest BCUT2D eigenvalue weighted by atomic mass is 9.91. The number of aromatic nitrogens is 1. The van der Waals surface area contributed by atoms with Gasteiger partial charge in [-0.3, -0.25) is 4.79 Å². The molecule has 0 unspecified atom stereocenters. The number of hydrogen-bond donors (Lipinski definition) is 2. The third-order valence-electron chi connectivity index (χ3n) is 5.15. The molecule has 0 aliphatic carbocycles. The number of aliphatic hydroxyl groups is 1. The minimum atomic E-state index is -4.78. The highest BCUT2D eigenvalue weighted by Crippen LogP contribution is 2.30. The Kier molecular flexibility index (Phi) is 6.72. The smallest absolute Gasteiger partial charge is 0.478 e.